The van der Waals surface area contributed by atoms with Crippen molar-refractivity contribution < 1.29 is 4.79 Å². The summed E-state index contributed by atoms with van der Waals surface area (Å²) in [6.45, 7) is 10.6. The second-order valence-electron chi connectivity index (χ2n) is 6.23. The molecule has 0 fully saturated rings. The van der Waals surface area contributed by atoms with Gasteiger partial charge in [-0.25, -0.2) is 0 Å². The minimum atomic E-state index is -0.00312. The molecule has 122 valence electrons. The first-order valence-electron chi connectivity index (χ1n) is 8.05. The van der Waals surface area contributed by atoms with Crippen molar-refractivity contribution in [2.75, 3.05) is 11.9 Å². The summed E-state index contributed by atoms with van der Waals surface area (Å²) in [6, 6.07) is 12.4. The van der Waals surface area contributed by atoms with Gasteiger partial charge in [0.25, 0.3) is 0 Å². The predicted molar refractivity (Wildman–Crippen MR) is 96.9 cm³/mol. The molecule has 3 nitrogen and oxygen atoms in total. The number of nitrogens with one attached hydrogen (secondary N) is 2. The Labute approximate surface area is 139 Å². The van der Waals surface area contributed by atoms with Gasteiger partial charge in [-0.2, -0.15) is 0 Å². The molecule has 0 radical (unpaired) electrons. The van der Waals surface area contributed by atoms with E-state index in [4.69, 9.17) is 0 Å². The molecule has 3 heteroatoms. The number of carbonyl (C=O) groups excluding carboxylic acids is 1. The lowest BCUT2D eigenvalue weighted by Crippen LogP contribution is -2.32. The molecule has 2 aromatic rings. The van der Waals surface area contributed by atoms with Crippen molar-refractivity contribution >= 4 is 11.6 Å². The molecule has 1 amide bonds. The first kappa shape index (κ1) is 17.1. The first-order chi connectivity index (χ1) is 10.9. The molecule has 23 heavy (non-hydrogen) atoms. The summed E-state index contributed by atoms with van der Waals surface area (Å²) in [5.41, 5.74) is 7.06. The molecule has 0 bridgehead atoms. The molecule has 0 aromatic heterocycles. The van der Waals surface area contributed by atoms with E-state index in [1.54, 1.807) is 0 Å². The van der Waals surface area contributed by atoms with Crippen LogP contribution in [0.15, 0.2) is 36.4 Å². The molecule has 0 spiro atoms. The van der Waals surface area contributed by atoms with Crippen LogP contribution in [0.4, 0.5) is 5.69 Å². The molecule has 0 saturated heterocycles. The fourth-order valence-corrected chi connectivity index (χ4v) is 2.53. The summed E-state index contributed by atoms with van der Waals surface area (Å²) in [6.07, 6.45) is 0. The minimum Gasteiger partial charge on any atom is -0.376 e. The summed E-state index contributed by atoms with van der Waals surface area (Å²) in [5.74, 6) is -0.00312. The normalized spacial score (nSPS) is 11.9. The molecule has 0 aliphatic carbocycles. The van der Waals surface area contributed by atoms with Crippen molar-refractivity contribution in [3.63, 3.8) is 0 Å². The summed E-state index contributed by atoms with van der Waals surface area (Å²) in [5, 5.41) is 6.26. The quantitative estimate of drug-likeness (QED) is 0.868. The molecule has 2 aromatic carbocycles. The van der Waals surface area contributed by atoms with Crippen LogP contribution in [0.2, 0.25) is 0 Å². The van der Waals surface area contributed by atoms with Gasteiger partial charge in [0.1, 0.15) is 0 Å². The largest absolute Gasteiger partial charge is 0.376 e. The third kappa shape index (κ3) is 4.35. The molecule has 2 rings (SSSR count). The van der Waals surface area contributed by atoms with Crippen LogP contribution in [-0.2, 0) is 4.79 Å². The molecule has 1 unspecified atom stereocenters. The number of anilines is 1. The van der Waals surface area contributed by atoms with E-state index in [0.29, 0.717) is 0 Å². The lowest BCUT2D eigenvalue weighted by molar-refractivity contribution is -0.120. The maximum absolute atomic E-state index is 12.2. The van der Waals surface area contributed by atoms with Crippen molar-refractivity contribution in [2.24, 2.45) is 0 Å². The number of hydrogen-bond donors (Lipinski definition) is 2. The van der Waals surface area contributed by atoms with Crippen LogP contribution >= 0.6 is 0 Å². The van der Waals surface area contributed by atoms with Crippen molar-refractivity contribution in [2.45, 2.75) is 40.7 Å². The van der Waals surface area contributed by atoms with E-state index in [1.807, 2.05) is 19.1 Å². The highest BCUT2D eigenvalue weighted by atomic mass is 16.1. The monoisotopic (exact) mass is 310 g/mol. The Morgan fingerprint density at radius 3 is 2.43 bits per heavy atom. The van der Waals surface area contributed by atoms with Gasteiger partial charge in [0, 0.05) is 5.69 Å². The zero-order chi connectivity index (χ0) is 17.0. The summed E-state index contributed by atoms with van der Waals surface area (Å²) < 4.78 is 0. The topological polar surface area (TPSA) is 41.1 Å². The Bertz CT molecular complexity index is 707. The van der Waals surface area contributed by atoms with E-state index in [0.717, 1.165) is 11.3 Å². The Hall–Kier alpha value is -2.29. The summed E-state index contributed by atoms with van der Waals surface area (Å²) in [7, 11) is 0. The van der Waals surface area contributed by atoms with Gasteiger partial charge in [-0.1, -0.05) is 30.3 Å². The van der Waals surface area contributed by atoms with Crippen LogP contribution in [0, 0.1) is 27.7 Å². The first-order valence-corrected chi connectivity index (χ1v) is 8.05. The van der Waals surface area contributed by atoms with E-state index < -0.39 is 0 Å². The van der Waals surface area contributed by atoms with E-state index in [-0.39, 0.29) is 18.5 Å². The SMILES string of the molecule is Cc1ccc(C(C)NC(=O)CNc2cccc(C)c2C)cc1C. The second-order valence-corrected chi connectivity index (χ2v) is 6.23. The third-order valence-electron chi connectivity index (χ3n) is 4.45. The van der Waals surface area contributed by atoms with Gasteiger partial charge >= 0.3 is 0 Å². The molecule has 0 aliphatic heterocycles. The summed E-state index contributed by atoms with van der Waals surface area (Å²) in [4.78, 5) is 12.2. The van der Waals surface area contributed by atoms with Crippen molar-refractivity contribution in [3.8, 4) is 0 Å². The van der Waals surface area contributed by atoms with Crippen molar-refractivity contribution in [1.82, 2.24) is 5.32 Å². The van der Waals surface area contributed by atoms with Crippen LogP contribution < -0.4 is 10.6 Å². The van der Waals surface area contributed by atoms with Crippen molar-refractivity contribution in [1.29, 1.82) is 0 Å². The number of aryl methyl sites for hydroxylation is 3. The third-order valence-corrected chi connectivity index (χ3v) is 4.45. The van der Waals surface area contributed by atoms with Gasteiger partial charge in [-0.3, -0.25) is 4.79 Å². The highest BCUT2D eigenvalue weighted by molar-refractivity contribution is 5.81. The van der Waals surface area contributed by atoms with Crippen LogP contribution in [0.3, 0.4) is 0 Å². The fraction of sp³-hybridized carbons (Fsp3) is 0.350. The Morgan fingerprint density at radius 2 is 1.74 bits per heavy atom. The summed E-state index contributed by atoms with van der Waals surface area (Å²) >= 11 is 0. The average molecular weight is 310 g/mol. The Kier molecular flexibility index (Phi) is 5.43. The van der Waals surface area contributed by atoms with Gasteiger partial charge in [-0.05, 0) is 68.5 Å². The highest BCUT2D eigenvalue weighted by Gasteiger charge is 2.10. The van der Waals surface area contributed by atoms with Gasteiger partial charge in [-0.15, -0.1) is 0 Å². The highest BCUT2D eigenvalue weighted by Crippen LogP contribution is 2.18. The van der Waals surface area contributed by atoms with Crippen LogP contribution in [0.1, 0.15) is 40.8 Å². The van der Waals surface area contributed by atoms with E-state index in [9.17, 15) is 4.79 Å². The molecule has 0 aliphatic rings. The smallest absolute Gasteiger partial charge is 0.239 e. The zero-order valence-electron chi connectivity index (χ0n) is 14.7. The van der Waals surface area contributed by atoms with E-state index in [1.165, 1.54) is 22.3 Å². The van der Waals surface area contributed by atoms with Crippen LogP contribution in [0.5, 0.6) is 0 Å². The lowest BCUT2D eigenvalue weighted by atomic mass is 10.0. The van der Waals surface area contributed by atoms with E-state index >= 15 is 0 Å². The number of benzene rings is 2. The Balaban J connectivity index is 1.93. The van der Waals surface area contributed by atoms with Gasteiger partial charge < -0.3 is 10.6 Å². The average Bonchev–Trinajstić information content (AvgIpc) is 2.51. The maximum atomic E-state index is 12.2. The molecular formula is C20H26N2O. The second kappa shape index (κ2) is 7.32. The van der Waals surface area contributed by atoms with Crippen LogP contribution in [-0.4, -0.2) is 12.5 Å². The fourth-order valence-electron chi connectivity index (χ4n) is 2.53. The van der Waals surface area contributed by atoms with Crippen molar-refractivity contribution in [3.05, 3.63) is 64.2 Å². The number of rotatable bonds is 5. The molecule has 2 N–H and O–H groups in total. The number of hydrogen-bond acceptors (Lipinski definition) is 2. The number of amides is 1. The Morgan fingerprint density at radius 1 is 1.00 bits per heavy atom. The molecule has 0 saturated carbocycles. The molecule has 1 atom stereocenters. The lowest BCUT2D eigenvalue weighted by Gasteiger charge is -2.17. The number of carbonyl (C=O) groups is 1. The molecular weight excluding hydrogens is 284 g/mol. The van der Waals surface area contributed by atoms with Gasteiger partial charge in [0.2, 0.25) is 5.91 Å². The molecule has 0 heterocycles. The zero-order valence-corrected chi connectivity index (χ0v) is 14.7. The maximum Gasteiger partial charge on any atom is 0.239 e. The van der Waals surface area contributed by atoms with Crippen LogP contribution in [0.25, 0.3) is 0 Å². The predicted octanol–water partition coefficient (Wildman–Crippen LogP) is 4.21. The van der Waals surface area contributed by atoms with Gasteiger partial charge in [0.15, 0.2) is 0 Å². The van der Waals surface area contributed by atoms with Gasteiger partial charge in [0.05, 0.1) is 12.6 Å². The standard InChI is InChI=1S/C20H26N2O/c1-13-9-10-18(11-15(13)3)17(5)22-20(23)12-21-19-8-6-7-14(2)16(19)4/h6-11,17,21H,12H2,1-5H3,(H,22,23). The van der Waals surface area contributed by atoms with E-state index in [2.05, 4.69) is 62.6 Å². The minimum absolute atomic E-state index is 0.00204.